The second-order valence-electron chi connectivity index (χ2n) is 5.91. The third-order valence-corrected chi connectivity index (χ3v) is 4.06. The van der Waals surface area contributed by atoms with E-state index in [1.807, 2.05) is 19.1 Å². The van der Waals surface area contributed by atoms with Crippen LogP contribution in [0.3, 0.4) is 0 Å². The first-order chi connectivity index (χ1) is 11.2. The van der Waals surface area contributed by atoms with Gasteiger partial charge in [-0.15, -0.1) is 5.10 Å². The highest BCUT2D eigenvalue weighted by Gasteiger charge is 2.15. The summed E-state index contributed by atoms with van der Waals surface area (Å²) < 4.78 is 0. The quantitative estimate of drug-likeness (QED) is 0.832. The summed E-state index contributed by atoms with van der Waals surface area (Å²) in [7, 11) is 0. The molecule has 2 heterocycles. The number of nitrogens with zero attached hydrogens (tertiary/aromatic N) is 4. The van der Waals surface area contributed by atoms with E-state index in [0.717, 1.165) is 31.0 Å². The van der Waals surface area contributed by atoms with Crippen LogP contribution in [0.4, 0.5) is 5.95 Å². The molecule has 7 heteroatoms. The monoisotopic (exact) mass is 314 g/mol. The normalized spacial score (nSPS) is 17.3. The lowest BCUT2D eigenvalue weighted by Crippen LogP contribution is -2.15. The van der Waals surface area contributed by atoms with Crippen molar-refractivity contribution in [1.82, 2.24) is 25.5 Å². The molecule has 1 unspecified atom stereocenters. The Bertz CT molecular complexity index is 645. The molecule has 1 aliphatic heterocycles. The fourth-order valence-electron chi connectivity index (χ4n) is 2.80. The van der Waals surface area contributed by atoms with Crippen molar-refractivity contribution in [3.05, 3.63) is 35.4 Å². The van der Waals surface area contributed by atoms with E-state index in [1.165, 1.54) is 16.8 Å². The van der Waals surface area contributed by atoms with Gasteiger partial charge in [-0.2, -0.15) is 4.80 Å². The van der Waals surface area contributed by atoms with Gasteiger partial charge < -0.3 is 5.32 Å². The van der Waals surface area contributed by atoms with Gasteiger partial charge in [-0.3, -0.25) is 10.1 Å². The first kappa shape index (κ1) is 15.6. The third kappa shape index (κ3) is 4.35. The van der Waals surface area contributed by atoms with Crippen LogP contribution in [-0.2, 0) is 24.2 Å². The molecular weight excluding hydrogens is 292 g/mol. The van der Waals surface area contributed by atoms with Gasteiger partial charge in [0.25, 0.3) is 5.95 Å². The zero-order valence-corrected chi connectivity index (χ0v) is 13.3. The Morgan fingerprint density at radius 3 is 2.78 bits per heavy atom. The third-order valence-electron chi connectivity index (χ3n) is 4.06. The van der Waals surface area contributed by atoms with Crippen molar-refractivity contribution < 1.29 is 4.79 Å². The number of amides is 1. The van der Waals surface area contributed by atoms with Crippen LogP contribution in [0.5, 0.6) is 0 Å². The van der Waals surface area contributed by atoms with Gasteiger partial charge in [-0.05, 0) is 55.1 Å². The number of hydrogen-bond acceptors (Lipinski definition) is 5. The minimum absolute atomic E-state index is 0.131. The number of benzene rings is 1. The molecule has 1 fully saturated rings. The Morgan fingerprint density at radius 1 is 1.35 bits per heavy atom. The Hall–Kier alpha value is -2.28. The molecule has 0 radical (unpaired) electrons. The van der Waals surface area contributed by atoms with E-state index in [2.05, 4.69) is 38.2 Å². The van der Waals surface area contributed by atoms with Gasteiger partial charge in [-0.25, -0.2) is 0 Å². The zero-order chi connectivity index (χ0) is 16.1. The second kappa shape index (κ2) is 7.32. The van der Waals surface area contributed by atoms with Gasteiger partial charge in [0, 0.05) is 0 Å². The molecule has 1 atom stereocenters. The molecule has 3 rings (SSSR count). The van der Waals surface area contributed by atoms with Crippen molar-refractivity contribution in [2.45, 2.75) is 32.7 Å². The van der Waals surface area contributed by atoms with Crippen molar-refractivity contribution in [3.8, 4) is 0 Å². The van der Waals surface area contributed by atoms with Crippen LogP contribution >= 0.6 is 0 Å². The fraction of sp³-hybridized carbons (Fsp3) is 0.500. The molecule has 1 aromatic heterocycles. The van der Waals surface area contributed by atoms with Gasteiger partial charge in [0.15, 0.2) is 0 Å². The van der Waals surface area contributed by atoms with Gasteiger partial charge in [0.1, 0.15) is 0 Å². The van der Waals surface area contributed by atoms with Gasteiger partial charge >= 0.3 is 0 Å². The van der Waals surface area contributed by atoms with Crippen LogP contribution in [0.2, 0.25) is 0 Å². The summed E-state index contributed by atoms with van der Waals surface area (Å²) in [5.41, 5.74) is 2.31. The topological polar surface area (TPSA) is 84.7 Å². The fourth-order valence-corrected chi connectivity index (χ4v) is 2.80. The van der Waals surface area contributed by atoms with E-state index in [1.54, 1.807) is 0 Å². The van der Waals surface area contributed by atoms with Gasteiger partial charge in [-0.1, -0.05) is 29.4 Å². The molecule has 0 saturated carbocycles. The molecule has 0 aliphatic carbocycles. The molecule has 2 aromatic rings. The lowest BCUT2D eigenvalue weighted by Gasteiger charge is -2.09. The predicted octanol–water partition coefficient (Wildman–Crippen LogP) is 1.03. The summed E-state index contributed by atoms with van der Waals surface area (Å²) in [6, 6.07) is 8.28. The average molecular weight is 314 g/mol. The molecule has 1 amide bonds. The lowest BCUT2D eigenvalue weighted by atomic mass is 9.97. The number of nitrogens with one attached hydrogen (secondary N) is 2. The summed E-state index contributed by atoms with van der Waals surface area (Å²) in [6.45, 7) is 4.77. The molecule has 122 valence electrons. The molecule has 7 nitrogen and oxygen atoms in total. The largest absolute Gasteiger partial charge is 0.316 e. The first-order valence-corrected chi connectivity index (χ1v) is 8.09. The van der Waals surface area contributed by atoms with E-state index in [9.17, 15) is 4.79 Å². The zero-order valence-electron chi connectivity index (χ0n) is 13.3. The highest BCUT2D eigenvalue weighted by Crippen LogP contribution is 2.16. The Labute approximate surface area is 135 Å². The Morgan fingerprint density at radius 2 is 2.13 bits per heavy atom. The maximum atomic E-state index is 12.0. The Kier molecular flexibility index (Phi) is 4.97. The molecule has 1 aromatic carbocycles. The van der Waals surface area contributed by atoms with Crippen LogP contribution in [0.25, 0.3) is 0 Å². The summed E-state index contributed by atoms with van der Waals surface area (Å²) in [6.07, 6.45) is 2.66. The molecule has 2 N–H and O–H groups in total. The van der Waals surface area contributed by atoms with Crippen LogP contribution in [0.15, 0.2) is 24.3 Å². The highest BCUT2D eigenvalue weighted by atomic mass is 16.1. The molecule has 23 heavy (non-hydrogen) atoms. The smallest absolute Gasteiger partial charge is 0.270 e. The second-order valence-corrected chi connectivity index (χ2v) is 5.91. The minimum atomic E-state index is -0.131. The van der Waals surface area contributed by atoms with E-state index < -0.39 is 0 Å². The predicted molar refractivity (Wildman–Crippen MR) is 86.9 cm³/mol. The van der Waals surface area contributed by atoms with E-state index >= 15 is 0 Å². The number of carbonyl (C=O) groups is 1. The highest BCUT2D eigenvalue weighted by molar-refractivity contribution is 5.90. The average Bonchev–Trinajstić information content (AvgIpc) is 3.21. The number of rotatable bonds is 6. The first-order valence-electron chi connectivity index (χ1n) is 8.09. The van der Waals surface area contributed by atoms with Crippen LogP contribution in [0, 0.1) is 5.92 Å². The van der Waals surface area contributed by atoms with Crippen molar-refractivity contribution in [2.24, 2.45) is 5.92 Å². The summed E-state index contributed by atoms with van der Waals surface area (Å²) >= 11 is 0. The molecule has 0 spiro atoms. The number of hydrogen-bond donors (Lipinski definition) is 2. The van der Waals surface area contributed by atoms with E-state index in [-0.39, 0.29) is 11.9 Å². The number of aromatic nitrogens is 4. The van der Waals surface area contributed by atoms with Gasteiger partial charge in [0.2, 0.25) is 5.91 Å². The van der Waals surface area contributed by atoms with E-state index in [0.29, 0.717) is 13.0 Å². The minimum Gasteiger partial charge on any atom is -0.316 e. The van der Waals surface area contributed by atoms with Crippen molar-refractivity contribution in [2.75, 3.05) is 18.4 Å². The maximum Gasteiger partial charge on any atom is 0.270 e. The SMILES string of the molecule is CCn1nnc(NC(=O)Cc2ccc(CC3CCNC3)cc2)n1. The summed E-state index contributed by atoms with van der Waals surface area (Å²) in [5.74, 6) is 0.854. The molecule has 1 saturated heterocycles. The summed E-state index contributed by atoms with van der Waals surface area (Å²) in [4.78, 5) is 13.4. The number of aryl methyl sites for hydroxylation is 1. The number of tetrazole rings is 1. The lowest BCUT2D eigenvalue weighted by molar-refractivity contribution is -0.115. The van der Waals surface area contributed by atoms with E-state index in [4.69, 9.17) is 0 Å². The molecule has 1 aliphatic rings. The van der Waals surface area contributed by atoms with Crippen LogP contribution in [0.1, 0.15) is 24.5 Å². The summed E-state index contributed by atoms with van der Waals surface area (Å²) in [5, 5.41) is 17.7. The Balaban J connectivity index is 1.51. The van der Waals surface area contributed by atoms with Crippen LogP contribution < -0.4 is 10.6 Å². The number of anilines is 1. The molecular formula is C16H22N6O. The van der Waals surface area contributed by atoms with Crippen molar-refractivity contribution in [3.63, 3.8) is 0 Å². The molecule has 0 bridgehead atoms. The van der Waals surface area contributed by atoms with Crippen LogP contribution in [-0.4, -0.2) is 39.2 Å². The maximum absolute atomic E-state index is 12.0. The van der Waals surface area contributed by atoms with Crippen molar-refractivity contribution >= 4 is 11.9 Å². The van der Waals surface area contributed by atoms with Crippen molar-refractivity contribution in [1.29, 1.82) is 0 Å². The standard InChI is InChI=1S/C16H22N6O/c1-2-22-20-16(19-21-22)18-15(23)10-13-5-3-12(4-6-13)9-14-7-8-17-11-14/h3-6,14,17H,2,7-11H2,1H3,(H,18,20,23). The van der Waals surface area contributed by atoms with Gasteiger partial charge in [0.05, 0.1) is 13.0 Å². The number of carbonyl (C=O) groups excluding carboxylic acids is 1.